The SMILES string of the molecule is CCc1nn(CC)c(CNC(CC)CCCl)c1Br. The second-order valence-corrected chi connectivity index (χ2v) is 5.51. The molecule has 18 heavy (non-hydrogen) atoms. The molecule has 1 aromatic rings. The van der Waals surface area contributed by atoms with Gasteiger partial charge < -0.3 is 5.32 Å². The van der Waals surface area contributed by atoms with Crippen molar-refractivity contribution in [2.45, 2.75) is 59.2 Å². The number of halogens is 2. The van der Waals surface area contributed by atoms with E-state index in [2.05, 4.69) is 51.8 Å². The summed E-state index contributed by atoms with van der Waals surface area (Å²) in [6, 6.07) is 0.486. The Balaban J connectivity index is 2.73. The topological polar surface area (TPSA) is 29.9 Å². The van der Waals surface area contributed by atoms with E-state index in [0.29, 0.717) is 11.9 Å². The van der Waals surface area contributed by atoms with Gasteiger partial charge in [0.25, 0.3) is 0 Å². The Morgan fingerprint density at radius 2 is 2.11 bits per heavy atom. The number of hydrogen-bond donors (Lipinski definition) is 1. The zero-order chi connectivity index (χ0) is 13.5. The fraction of sp³-hybridized carbons (Fsp3) is 0.769. The van der Waals surface area contributed by atoms with Gasteiger partial charge in [-0.25, -0.2) is 0 Å². The van der Waals surface area contributed by atoms with Crippen LogP contribution in [0.4, 0.5) is 0 Å². The lowest BCUT2D eigenvalue weighted by atomic mass is 10.1. The van der Waals surface area contributed by atoms with Crippen LogP contribution in [0.5, 0.6) is 0 Å². The quantitative estimate of drug-likeness (QED) is 0.733. The zero-order valence-electron chi connectivity index (χ0n) is 11.5. The standard InChI is InChI=1S/C13H23BrClN3/c1-4-10(7-8-15)16-9-12-13(14)11(5-2)17-18(12)6-3/h10,16H,4-9H2,1-3H3. The van der Waals surface area contributed by atoms with Crippen LogP contribution in [0, 0.1) is 0 Å². The van der Waals surface area contributed by atoms with Crippen molar-refractivity contribution in [1.29, 1.82) is 0 Å². The van der Waals surface area contributed by atoms with Crippen molar-refractivity contribution >= 4 is 27.5 Å². The van der Waals surface area contributed by atoms with E-state index >= 15 is 0 Å². The summed E-state index contributed by atoms with van der Waals surface area (Å²) in [5, 5.41) is 8.16. The number of nitrogens with zero attached hydrogens (tertiary/aromatic N) is 2. The van der Waals surface area contributed by atoms with Crippen molar-refractivity contribution in [3.05, 3.63) is 15.9 Å². The van der Waals surface area contributed by atoms with E-state index in [9.17, 15) is 0 Å². The van der Waals surface area contributed by atoms with Gasteiger partial charge in [0, 0.05) is 25.0 Å². The first-order chi connectivity index (χ1) is 8.67. The Hall–Kier alpha value is -0.0600. The van der Waals surface area contributed by atoms with Crippen LogP contribution in [0.2, 0.25) is 0 Å². The van der Waals surface area contributed by atoms with Gasteiger partial charge in [0.1, 0.15) is 0 Å². The molecule has 1 unspecified atom stereocenters. The number of hydrogen-bond acceptors (Lipinski definition) is 2. The van der Waals surface area contributed by atoms with Crippen LogP contribution >= 0.6 is 27.5 Å². The van der Waals surface area contributed by atoms with Crippen molar-refractivity contribution in [2.75, 3.05) is 5.88 Å². The van der Waals surface area contributed by atoms with E-state index in [1.54, 1.807) is 0 Å². The van der Waals surface area contributed by atoms with Crippen LogP contribution in [-0.4, -0.2) is 21.7 Å². The van der Waals surface area contributed by atoms with Crippen LogP contribution in [0.25, 0.3) is 0 Å². The lowest BCUT2D eigenvalue weighted by Gasteiger charge is -2.16. The zero-order valence-corrected chi connectivity index (χ0v) is 13.8. The molecule has 0 fully saturated rings. The van der Waals surface area contributed by atoms with Crippen LogP contribution in [0.15, 0.2) is 4.47 Å². The molecule has 104 valence electrons. The van der Waals surface area contributed by atoms with Crippen LogP contribution < -0.4 is 5.32 Å². The highest BCUT2D eigenvalue weighted by atomic mass is 79.9. The first-order valence-corrected chi connectivity index (χ1v) is 8.03. The molecule has 0 radical (unpaired) electrons. The molecule has 1 rings (SSSR count). The summed E-state index contributed by atoms with van der Waals surface area (Å²) >= 11 is 9.47. The van der Waals surface area contributed by atoms with Gasteiger partial charge in [-0.15, -0.1) is 11.6 Å². The Labute approximate surface area is 123 Å². The fourth-order valence-corrected chi connectivity index (χ4v) is 2.98. The van der Waals surface area contributed by atoms with Crippen molar-refractivity contribution in [3.63, 3.8) is 0 Å². The molecule has 0 saturated carbocycles. The summed E-state index contributed by atoms with van der Waals surface area (Å²) in [7, 11) is 0. The minimum absolute atomic E-state index is 0.486. The van der Waals surface area contributed by atoms with Crippen molar-refractivity contribution in [3.8, 4) is 0 Å². The molecule has 1 N–H and O–H groups in total. The molecule has 0 aliphatic rings. The van der Waals surface area contributed by atoms with Gasteiger partial charge in [0.2, 0.25) is 0 Å². The number of rotatable bonds is 8. The number of alkyl halides is 1. The minimum Gasteiger partial charge on any atom is -0.308 e. The fourth-order valence-electron chi connectivity index (χ4n) is 2.01. The second kappa shape index (κ2) is 8.18. The molecule has 0 spiro atoms. The normalized spacial score (nSPS) is 12.9. The Bertz CT molecular complexity index is 365. The van der Waals surface area contributed by atoms with E-state index in [4.69, 9.17) is 11.6 Å². The first-order valence-electron chi connectivity index (χ1n) is 6.71. The molecule has 0 aromatic carbocycles. The number of aromatic nitrogens is 2. The van der Waals surface area contributed by atoms with Crippen molar-refractivity contribution in [1.82, 2.24) is 15.1 Å². The Morgan fingerprint density at radius 3 is 2.61 bits per heavy atom. The summed E-state index contributed by atoms with van der Waals surface area (Å²) in [6.45, 7) is 8.19. The van der Waals surface area contributed by atoms with Crippen molar-refractivity contribution < 1.29 is 0 Å². The average molecular weight is 337 g/mol. The Morgan fingerprint density at radius 1 is 1.39 bits per heavy atom. The van der Waals surface area contributed by atoms with Gasteiger partial charge in [0.15, 0.2) is 0 Å². The second-order valence-electron chi connectivity index (χ2n) is 4.34. The molecule has 0 amide bonds. The number of aryl methyl sites for hydroxylation is 2. The maximum Gasteiger partial charge on any atom is 0.0767 e. The smallest absolute Gasteiger partial charge is 0.0767 e. The lowest BCUT2D eigenvalue weighted by molar-refractivity contribution is 0.468. The lowest BCUT2D eigenvalue weighted by Crippen LogP contribution is -2.29. The van der Waals surface area contributed by atoms with E-state index in [-0.39, 0.29) is 0 Å². The van der Waals surface area contributed by atoms with Gasteiger partial charge in [-0.05, 0) is 42.1 Å². The highest BCUT2D eigenvalue weighted by Gasteiger charge is 2.14. The molecule has 0 aliphatic carbocycles. The minimum atomic E-state index is 0.486. The highest BCUT2D eigenvalue weighted by molar-refractivity contribution is 9.10. The molecular formula is C13H23BrClN3. The largest absolute Gasteiger partial charge is 0.308 e. The maximum atomic E-state index is 5.81. The van der Waals surface area contributed by atoms with Gasteiger partial charge >= 0.3 is 0 Å². The van der Waals surface area contributed by atoms with E-state index < -0.39 is 0 Å². The predicted octanol–water partition coefficient (Wildman–Crippen LogP) is 3.73. The van der Waals surface area contributed by atoms with E-state index in [0.717, 1.165) is 42.5 Å². The maximum absolute atomic E-state index is 5.81. The third-order valence-electron chi connectivity index (χ3n) is 3.20. The Kier molecular flexibility index (Phi) is 7.27. The van der Waals surface area contributed by atoms with E-state index in [1.165, 1.54) is 5.69 Å². The summed E-state index contributed by atoms with van der Waals surface area (Å²) in [4.78, 5) is 0. The number of nitrogens with one attached hydrogen (secondary N) is 1. The van der Waals surface area contributed by atoms with Crippen LogP contribution in [0.3, 0.4) is 0 Å². The molecule has 1 aromatic heterocycles. The van der Waals surface area contributed by atoms with Gasteiger partial charge in [0.05, 0.1) is 15.9 Å². The molecule has 0 bridgehead atoms. The van der Waals surface area contributed by atoms with Crippen molar-refractivity contribution in [2.24, 2.45) is 0 Å². The molecule has 3 nitrogen and oxygen atoms in total. The first kappa shape index (κ1) is 16.0. The van der Waals surface area contributed by atoms with Gasteiger partial charge in [-0.2, -0.15) is 5.10 Å². The summed E-state index contributed by atoms with van der Waals surface area (Å²) in [5.74, 6) is 0.708. The van der Waals surface area contributed by atoms with Crippen LogP contribution in [0.1, 0.15) is 45.0 Å². The molecule has 1 heterocycles. The molecule has 0 saturated heterocycles. The van der Waals surface area contributed by atoms with Gasteiger partial charge in [-0.1, -0.05) is 13.8 Å². The summed E-state index contributed by atoms with van der Waals surface area (Å²) < 4.78 is 3.23. The molecule has 0 aliphatic heterocycles. The highest BCUT2D eigenvalue weighted by Crippen LogP contribution is 2.22. The third-order valence-corrected chi connectivity index (χ3v) is 4.34. The average Bonchev–Trinajstić information content (AvgIpc) is 2.70. The molecule has 5 heteroatoms. The van der Waals surface area contributed by atoms with Crippen LogP contribution in [-0.2, 0) is 19.5 Å². The third kappa shape index (κ3) is 3.97. The van der Waals surface area contributed by atoms with Gasteiger partial charge in [-0.3, -0.25) is 4.68 Å². The molecule has 1 atom stereocenters. The van der Waals surface area contributed by atoms with E-state index in [1.807, 2.05) is 0 Å². The monoisotopic (exact) mass is 335 g/mol. The summed E-state index contributed by atoms with van der Waals surface area (Å²) in [6.07, 6.45) is 3.07. The summed E-state index contributed by atoms with van der Waals surface area (Å²) in [5.41, 5.74) is 2.38. The molecular weight excluding hydrogens is 314 g/mol. The predicted molar refractivity (Wildman–Crippen MR) is 81.2 cm³/mol.